The zero-order valence-corrected chi connectivity index (χ0v) is 10.6. The highest BCUT2D eigenvalue weighted by molar-refractivity contribution is 8.78. The van der Waals surface area contributed by atoms with E-state index in [9.17, 15) is 0 Å². The predicted molar refractivity (Wildman–Crippen MR) is 70.2 cm³/mol. The topological polar surface area (TPSA) is 26.0 Å². The normalized spacial score (nSPS) is 8.33. The van der Waals surface area contributed by atoms with Crippen LogP contribution in [0.5, 0.6) is 0 Å². The third kappa shape index (κ3) is 11.3. The zero-order chi connectivity index (χ0) is 11.4. The minimum atomic E-state index is 0.596. The summed E-state index contributed by atoms with van der Waals surface area (Å²) in [5, 5.41) is 0.596. The van der Waals surface area contributed by atoms with E-state index < -0.39 is 0 Å². The summed E-state index contributed by atoms with van der Waals surface area (Å²) in [5.74, 6) is 1.12. The molecule has 0 aromatic heterocycles. The summed E-state index contributed by atoms with van der Waals surface area (Å²) in [5.41, 5.74) is 15.6. The quantitative estimate of drug-likeness (QED) is 0.415. The average molecular weight is 238 g/mol. The van der Waals surface area contributed by atoms with Crippen LogP contribution in [0.25, 0.3) is 0 Å². The Morgan fingerprint density at radius 2 is 2.07 bits per heavy atom. The summed E-state index contributed by atoms with van der Waals surface area (Å²) in [4.78, 5) is 0. The van der Waals surface area contributed by atoms with Crippen LogP contribution in [0.2, 0.25) is 0 Å². The number of hydrogen-bond donors (Lipinski definition) is 1. The molecule has 0 aliphatic carbocycles. The highest BCUT2D eigenvalue weighted by atomic mass is 33.1. The largest absolute Gasteiger partial charge is 0.386 e. The maximum absolute atomic E-state index is 5.63. The first kappa shape index (κ1) is 14.4. The molecule has 15 heavy (non-hydrogen) atoms. The van der Waals surface area contributed by atoms with E-state index in [0.29, 0.717) is 5.03 Å². The van der Waals surface area contributed by atoms with Crippen LogP contribution >= 0.6 is 21.6 Å². The van der Waals surface area contributed by atoms with Crippen LogP contribution in [0, 0.1) is 6.58 Å². The lowest BCUT2D eigenvalue weighted by Gasteiger charge is -1.98. The van der Waals surface area contributed by atoms with Gasteiger partial charge in [0.2, 0.25) is 0 Å². The lowest BCUT2D eigenvalue weighted by Crippen LogP contribution is -1.87. The molecule has 0 rings (SSSR count). The lowest BCUT2D eigenvalue weighted by molar-refractivity contribution is 0.707. The van der Waals surface area contributed by atoms with Gasteiger partial charge in [-0.1, -0.05) is 42.7 Å². The zero-order valence-electron chi connectivity index (χ0n) is 9.01. The van der Waals surface area contributed by atoms with Crippen molar-refractivity contribution in [3.8, 4) is 0 Å². The molecule has 0 aromatic rings. The Morgan fingerprint density at radius 3 is 2.73 bits per heavy atom. The number of nitrogens with two attached hydrogens (primary N) is 1. The molecule has 0 saturated carbocycles. The van der Waals surface area contributed by atoms with Crippen LogP contribution in [0.15, 0.2) is 28.0 Å². The molecule has 0 atom stereocenters. The van der Waals surface area contributed by atoms with Gasteiger partial charge in [-0.05, 0) is 41.0 Å². The van der Waals surface area contributed by atoms with Crippen LogP contribution in [-0.4, -0.2) is 5.75 Å². The summed E-state index contributed by atoms with van der Waals surface area (Å²) in [6.07, 6.45) is 5.13. The monoisotopic (exact) mass is 238 g/mol. The summed E-state index contributed by atoms with van der Waals surface area (Å²) >= 11 is 0. The van der Waals surface area contributed by atoms with Gasteiger partial charge in [0.05, 0.1) is 0 Å². The van der Waals surface area contributed by atoms with Gasteiger partial charge >= 0.3 is 0 Å². The fraction of sp³-hybridized carbons (Fsp3) is 0.500. The van der Waals surface area contributed by atoms with E-state index in [4.69, 9.17) is 12.3 Å². The molecule has 0 aliphatic rings. The van der Waals surface area contributed by atoms with E-state index in [1.807, 2.05) is 0 Å². The van der Waals surface area contributed by atoms with Gasteiger partial charge in [-0.2, -0.15) is 0 Å². The second kappa shape index (κ2) is 11.4. The third-order valence-corrected chi connectivity index (χ3v) is 3.80. The minimum absolute atomic E-state index is 0.596. The summed E-state index contributed by atoms with van der Waals surface area (Å²) in [7, 11) is 3.26. The first-order valence-corrected chi connectivity index (χ1v) is 7.26. The van der Waals surface area contributed by atoms with Crippen molar-refractivity contribution in [3.05, 3.63) is 34.5 Å². The molecule has 0 heterocycles. The van der Waals surface area contributed by atoms with Crippen molar-refractivity contribution in [1.82, 2.24) is 0 Å². The van der Waals surface area contributed by atoms with Crippen molar-refractivity contribution >= 4 is 21.6 Å². The molecular weight excluding hydrogens is 222 g/mol. The van der Waals surface area contributed by atoms with Crippen LogP contribution in [0.1, 0.15) is 32.6 Å². The van der Waals surface area contributed by atoms with Crippen molar-refractivity contribution in [2.75, 3.05) is 5.75 Å². The summed E-state index contributed by atoms with van der Waals surface area (Å²) in [6, 6.07) is 0. The SMILES string of the molecule is [CH]=C=C=C=C=C(N)SSCCCCCC. The van der Waals surface area contributed by atoms with Crippen molar-refractivity contribution in [3.63, 3.8) is 0 Å². The van der Waals surface area contributed by atoms with E-state index in [1.54, 1.807) is 10.8 Å². The molecule has 0 saturated heterocycles. The van der Waals surface area contributed by atoms with Crippen molar-refractivity contribution in [1.29, 1.82) is 0 Å². The molecule has 1 nitrogen and oxygen atoms in total. The Balaban J connectivity index is 3.64. The molecule has 0 aliphatic heterocycles. The van der Waals surface area contributed by atoms with Crippen molar-refractivity contribution in [2.45, 2.75) is 32.6 Å². The first-order valence-electron chi connectivity index (χ1n) is 4.94. The number of hydrogen-bond acceptors (Lipinski definition) is 3. The third-order valence-electron chi connectivity index (χ3n) is 1.55. The Bertz CT molecular complexity index is 311. The molecule has 3 heteroatoms. The average Bonchev–Trinajstić information content (AvgIpc) is 2.23. The lowest BCUT2D eigenvalue weighted by atomic mass is 10.2. The Kier molecular flexibility index (Phi) is 10.9. The van der Waals surface area contributed by atoms with Gasteiger partial charge in [0.25, 0.3) is 0 Å². The molecule has 0 unspecified atom stereocenters. The molecule has 0 amide bonds. The molecule has 1 radical (unpaired) electrons. The Hall–Kier alpha value is -0.640. The minimum Gasteiger partial charge on any atom is -0.386 e. The van der Waals surface area contributed by atoms with Crippen LogP contribution < -0.4 is 5.73 Å². The van der Waals surface area contributed by atoms with Crippen molar-refractivity contribution < 1.29 is 0 Å². The van der Waals surface area contributed by atoms with Gasteiger partial charge in [-0.25, -0.2) is 0 Å². The van der Waals surface area contributed by atoms with E-state index >= 15 is 0 Å². The van der Waals surface area contributed by atoms with E-state index in [-0.39, 0.29) is 0 Å². The molecule has 2 N–H and O–H groups in total. The number of rotatable bonds is 7. The van der Waals surface area contributed by atoms with Gasteiger partial charge in [-0.3, -0.25) is 0 Å². The van der Waals surface area contributed by atoms with Gasteiger partial charge in [0, 0.05) is 5.75 Å². The van der Waals surface area contributed by atoms with Gasteiger partial charge in [-0.15, -0.1) is 0 Å². The smallest absolute Gasteiger partial charge is 0.129 e. The van der Waals surface area contributed by atoms with Gasteiger partial charge in [0.15, 0.2) is 0 Å². The predicted octanol–water partition coefficient (Wildman–Crippen LogP) is 3.80. The first-order chi connectivity index (χ1) is 7.31. The maximum Gasteiger partial charge on any atom is 0.129 e. The fourth-order valence-electron chi connectivity index (χ4n) is 0.843. The fourth-order valence-corrected chi connectivity index (χ4v) is 2.58. The highest BCUT2D eigenvalue weighted by Crippen LogP contribution is 2.26. The Morgan fingerprint density at radius 1 is 1.27 bits per heavy atom. The van der Waals surface area contributed by atoms with Gasteiger partial charge in [0.1, 0.15) is 5.03 Å². The molecule has 0 aromatic carbocycles. The molecule has 0 spiro atoms. The second-order valence-corrected chi connectivity index (χ2v) is 5.31. The molecule has 81 valence electrons. The van der Waals surface area contributed by atoms with E-state index in [2.05, 4.69) is 29.8 Å². The van der Waals surface area contributed by atoms with Crippen LogP contribution in [0.3, 0.4) is 0 Å². The molecule has 0 fully saturated rings. The molecule has 0 bridgehead atoms. The van der Waals surface area contributed by atoms with E-state index in [0.717, 1.165) is 5.75 Å². The molecular formula is C12H16NS2. The summed E-state index contributed by atoms with van der Waals surface area (Å²) in [6.45, 7) is 7.17. The van der Waals surface area contributed by atoms with Crippen LogP contribution in [0.4, 0.5) is 0 Å². The van der Waals surface area contributed by atoms with Crippen molar-refractivity contribution in [2.24, 2.45) is 5.73 Å². The Labute approximate surface area is 100 Å². The maximum atomic E-state index is 5.63. The summed E-state index contributed by atoms with van der Waals surface area (Å²) < 4.78 is 0. The van der Waals surface area contributed by atoms with Gasteiger partial charge < -0.3 is 5.73 Å². The highest BCUT2D eigenvalue weighted by Gasteiger charge is 1.92. The van der Waals surface area contributed by atoms with E-state index in [1.165, 1.54) is 36.5 Å². The number of unbranched alkanes of at least 4 members (excludes halogenated alkanes) is 3. The second-order valence-electron chi connectivity index (χ2n) is 2.85. The standard InChI is InChI=1S/C12H16NS2/c1-3-5-7-9-11-14-15-12(13)10-8-6-4-2/h2H,3,5,7,9,11,13H2,1H3. The van der Waals surface area contributed by atoms with Crippen LogP contribution in [-0.2, 0) is 0 Å².